The van der Waals surface area contributed by atoms with Crippen LogP contribution in [0.4, 0.5) is 0 Å². The number of aromatic amines is 1. The van der Waals surface area contributed by atoms with Crippen LogP contribution in [0, 0.1) is 0 Å². The van der Waals surface area contributed by atoms with Gasteiger partial charge in [-0.3, -0.25) is 9.59 Å². The Labute approximate surface area is 165 Å². The van der Waals surface area contributed by atoms with Crippen LogP contribution in [0.15, 0.2) is 48.5 Å². The van der Waals surface area contributed by atoms with Crippen molar-refractivity contribution in [2.24, 2.45) is 0 Å². The Morgan fingerprint density at radius 3 is 2.46 bits per heavy atom. The molecule has 1 heterocycles. The summed E-state index contributed by atoms with van der Waals surface area (Å²) in [7, 11) is 0. The van der Waals surface area contributed by atoms with Crippen LogP contribution in [-0.4, -0.2) is 23.3 Å². The Morgan fingerprint density at radius 1 is 0.964 bits per heavy atom. The lowest BCUT2D eigenvalue weighted by Gasteiger charge is -2.18. The van der Waals surface area contributed by atoms with Gasteiger partial charge in [-0.25, -0.2) is 0 Å². The maximum atomic E-state index is 12.6. The predicted molar refractivity (Wildman–Crippen MR) is 113 cm³/mol. The second-order valence-corrected chi connectivity index (χ2v) is 7.98. The quantitative estimate of drug-likeness (QED) is 0.625. The first-order valence-corrected chi connectivity index (χ1v) is 9.56. The second-order valence-electron chi connectivity index (χ2n) is 7.98. The van der Waals surface area contributed by atoms with E-state index >= 15 is 0 Å². The average Bonchev–Trinajstić information content (AvgIpc) is 3.09. The monoisotopic (exact) mass is 377 g/mol. The van der Waals surface area contributed by atoms with E-state index in [0.29, 0.717) is 24.3 Å². The van der Waals surface area contributed by atoms with Gasteiger partial charge in [-0.2, -0.15) is 0 Å². The van der Waals surface area contributed by atoms with Crippen molar-refractivity contribution >= 4 is 22.7 Å². The SMILES string of the molecule is CCNC(=O)c1cccc(CNC(=O)c2cc3ccc(C(C)(C)C)cc3[nH]2)c1. The van der Waals surface area contributed by atoms with Crippen molar-refractivity contribution in [3.8, 4) is 0 Å². The Kier molecular flexibility index (Phi) is 5.54. The summed E-state index contributed by atoms with van der Waals surface area (Å²) < 4.78 is 0. The molecule has 3 aromatic rings. The maximum absolute atomic E-state index is 12.6. The molecule has 0 atom stereocenters. The van der Waals surface area contributed by atoms with E-state index in [4.69, 9.17) is 0 Å². The molecule has 0 radical (unpaired) electrons. The van der Waals surface area contributed by atoms with Gasteiger partial charge in [0.1, 0.15) is 5.69 Å². The molecule has 146 valence electrons. The topological polar surface area (TPSA) is 74.0 Å². The summed E-state index contributed by atoms with van der Waals surface area (Å²) in [5.41, 5.74) is 4.22. The number of amides is 2. The molecule has 2 aromatic carbocycles. The molecular weight excluding hydrogens is 350 g/mol. The van der Waals surface area contributed by atoms with Crippen LogP contribution in [0.5, 0.6) is 0 Å². The molecular formula is C23H27N3O2. The fourth-order valence-corrected chi connectivity index (χ4v) is 3.08. The maximum Gasteiger partial charge on any atom is 0.267 e. The number of rotatable bonds is 5. The van der Waals surface area contributed by atoms with Gasteiger partial charge in [-0.1, -0.05) is 45.0 Å². The Balaban J connectivity index is 1.71. The first-order chi connectivity index (χ1) is 13.3. The van der Waals surface area contributed by atoms with Gasteiger partial charge in [-0.15, -0.1) is 0 Å². The first-order valence-electron chi connectivity index (χ1n) is 9.56. The molecule has 0 saturated heterocycles. The third-order valence-corrected chi connectivity index (χ3v) is 4.71. The van der Waals surface area contributed by atoms with Gasteiger partial charge in [0.15, 0.2) is 0 Å². The van der Waals surface area contributed by atoms with Gasteiger partial charge >= 0.3 is 0 Å². The Hall–Kier alpha value is -3.08. The van der Waals surface area contributed by atoms with E-state index in [0.717, 1.165) is 16.5 Å². The van der Waals surface area contributed by atoms with E-state index in [1.54, 1.807) is 12.1 Å². The summed E-state index contributed by atoms with van der Waals surface area (Å²) in [6, 6.07) is 15.4. The van der Waals surface area contributed by atoms with Gasteiger partial charge in [-0.05, 0) is 47.7 Å². The lowest BCUT2D eigenvalue weighted by molar-refractivity contribution is 0.0944. The van der Waals surface area contributed by atoms with Crippen LogP contribution < -0.4 is 10.6 Å². The van der Waals surface area contributed by atoms with Gasteiger partial charge in [0.05, 0.1) is 0 Å². The van der Waals surface area contributed by atoms with E-state index < -0.39 is 0 Å². The highest BCUT2D eigenvalue weighted by Crippen LogP contribution is 2.26. The molecule has 0 unspecified atom stereocenters. The molecule has 0 aliphatic heterocycles. The minimum Gasteiger partial charge on any atom is -0.352 e. The normalized spacial score (nSPS) is 11.4. The number of H-pyrrole nitrogens is 1. The number of hydrogen-bond acceptors (Lipinski definition) is 2. The molecule has 3 rings (SSSR count). The van der Waals surface area contributed by atoms with E-state index in [9.17, 15) is 9.59 Å². The largest absolute Gasteiger partial charge is 0.352 e. The zero-order valence-corrected chi connectivity index (χ0v) is 16.8. The van der Waals surface area contributed by atoms with E-state index in [1.165, 1.54) is 5.56 Å². The standard InChI is InChI=1S/C23H27N3O2/c1-5-24-21(27)17-8-6-7-15(11-17)14-25-22(28)20-12-16-9-10-18(23(2,3)4)13-19(16)26-20/h6-13,26H,5,14H2,1-4H3,(H,24,27)(H,25,28). The van der Waals surface area contributed by atoms with Crippen molar-refractivity contribution in [2.75, 3.05) is 6.54 Å². The number of hydrogen-bond donors (Lipinski definition) is 3. The van der Waals surface area contributed by atoms with Crippen LogP contribution in [-0.2, 0) is 12.0 Å². The van der Waals surface area contributed by atoms with Crippen LogP contribution >= 0.6 is 0 Å². The number of nitrogens with one attached hydrogen (secondary N) is 3. The highest BCUT2D eigenvalue weighted by atomic mass is 16.2. The van der Waals surface area contributed by atoms with Gasteiger partial charge in [0.2, 0.25) is 0 Å². The Morgan fingerprint density at radius 2 is 1.75 bits per heavy atom. The summed E-state index contributed by atoms with van der Waals surface area (Å²) in [5, 5.41) is 6.71. The van der Waals surface area contributed by atoms with Crippen LogP contribution in [0.1, 0.15) is 59.7 Å². The summed E-state index contributed by atoms with van der Waals surface area (Å²) in [5.74, 6) is -0.280. The fraction of sp³-hybridized carbons (Fsp3) is 0.304. The smallest absolute Gasteiger partial charge is 0.267 e. The third kappa shape index (κ3) is 4.42. The number of carbonyl (C=O) groups is 2. The molecule has 0 saturated carbocycles. The molecule has 0 bridgehead atoms. The molecule has 5 heteroatoms. The summed E-state index contributed by atoms with van der Waals surface area (Å²) in [6.07, 6.45) is 0. The van der Waals surface area contributed by atoms with E-state index in [2.05, 4.69) is 48.5 Å². The number of aromatic nitrogens is 1. The minimum atomic E-state index is -0.170. The lowest BCUT2D eigenvalue weighted by Crippen LogP contribution is -2.24. The molecule has 0 aliphatic carbocycles. The van der Waals surface area contributed by atoms with Gasteiger partial charge in [0, 0.05) is 29.6 Å². The highest BCUT2D eigenvalue weighted by Gasteiger charge is 2.16. The molecule has 5 nitrogen and oxygen atoms in total. The molecule has 0 spiro atoms. The van der Waals surface area contributed by atoms with Crippen LogP contribution in [0.25, 0.3) is 10.9 Å². The number of benzene rings is 2. The predicted octanol–water partition coefficient (Wildman–Crippen LogP) is 4.15. The molecule has 3 N–H and O–H groups in total. The zero-order valence-electron chi connectivity index (χ0n) is 16.8. The summed E-state index contributed by atoms with van der Waals surface area (Å²) in [6.45, 7) is 9.32. The van der Waals surface area contributed by atoms with Crippen LogP contribution in [0.3, 0.4) is 0 Å². The highest BCUT2D eigenvalue weighted by molar-refractivity contribution is 5.98. The summed E-state index contributed by atoms with van der Waals surface area (Å²) >= 11 is 0. The van der Waals surface area contributed by atoms with Crippen molar-refractivity contribution in [3.63, 3.8) is 0 Å². The molecule has 0 aliphatic rings. The zero-order chi connectivity index (χ0) is 20.3. The number of carbonyl (C=O) groups excluding carboxylic acids is 2. The van der Waals surface area contributed by atoms with Crippen molar-refractivity contribution in [1.82, 2.24) is 15.6 Å². The van der Waals surface area contributed by atoms with Crippen molar-refractivity contribution in [3.05, 3.63) is 70.9 Å². The average molecular weight is 377 g/mol. The van der Waals surface area contributed by atoms with E-state index in [-0.39, 0.29) is 17.2 Å². The molecule has 0 fully saturated rings. The van der Waals surface area contributed by atoms with Gasteiger partial charge in [0.25, 0.3) is 11.8 Å². The van der Waals surface area contributed by atoms with E-state index in [1.807, 2.05) is 31.2 Å². The fourth-order valence-electron chi connectivity index (χ4n) is 3.08. The number of fused-ring (bicyclic) bond motifs is 1. The minimum absolute atomic E-state index is 0.0524. The first kappa shape index (κ1) is 19.7. The van der Waals surface area contributed by atoms with Gasteiger partial charge < -0.3 is 15.6 Å². The van der Waals surface area contributed by atoms with Crippen molar-refractivity contribution < 1.29 is 9.59 Å². The summed E-state index contributed by atoms with van der Waals surface area (Å²) in [4.78, 5) is 27.7. The molecule has 28 heavy (non-hydrogen) atoms. The lowest BCUT2D eigenvalue weighted by atomic mass is 9.87. The Bertz CT molecular complexity index is 1010. The second kappa shape index (κ2) is 7.89. The van der Waals surface area contributed by atoms with Crippen molar-refractivity contribution in [2.45, 2.75) is 39.7 Å². The van der Waals surface area contributed by atoms with Crippen LogP contribution in [0.2, 0.25) is 0 Å². The third-order valence-electron chi connectivity index (χ3n) is 4.71. The van der Waals surface area contributed by atoms with Crippen molar-refractivity contribution in [1.29, 1.82) is 0 Å². The molecule has 1 aromatic heterocycles. The molecule has 2 amide bonds.